The number of amides is 2. The SMILES string of the molecule is C[C@H](OCc1ccccc1)[C@@H](NC(=O)c1nn(C)cc1NC(=O)OCC1c2ccccc2-c2ccccc21)C(=O)O. The predicted molar refractivity (Wildman–Crippen MR) is 151 cm³/mol. The number of hydrogen-bond donors (Lipinski definition) is 3. The Morgan fingerprint density at radius 1 is 0.951 bits per heavy atom. The van der Waals surface area contributed by atoms with Gasteiger partial charge in [-0.1, -0.05) is 78.9 Å². The van der Waals surface area contributed by atoms with Crippen molar-refractivity contribution in [3.05, 3.63) is 107 Å². The summed E-state index contributed by atoms with van der Waals surface area (Å²) in [6.07, 6.45) is -0.163. The topological polar surface area (TPSA) is 132 Å². The van der Waals surface area contributed by atoms with Gasteiger partial charge >= 0.3 is 12.1 Å². The number of carbonyl (C=O) groups excluding carboxylic acids is 2. The zero-order chi connectivity index (χ0) is 28.9. The van der Waals surface area contributed by atoms with Crippen LogP contribution in [0.4, 0.5) is 10.5 Å². The van der Waals surface area contributed by atoms with E-state index in [1.807, 2.05) is 78.9 Å². The minimum atomic E-state index is -1.35. The molecule has 3 N–H and O–H groups in total. The van der Waals surface area contributed by atoms with Crippen LogP contribution in [0.15, 0.2) is 85.1 Å². The van der Waals surface area contributed by atoms with Crippen LogP contribution >= 0.6 is 0 Å². The summed E-state index contributed by atoms with van der Waals surface area (Å²) >= 11 is 0. The maximum atomic E-state index is 13.1. The first-order valence-electron chi connectivity index (χ1n) is 13.2. The first-order chi connectivity index (χ1) is 19.8. The Morgan fingerprint density at radius 2 is 1.56 bits per heavy atom. The third-order valence-corrected chi connectivity index (χ3v) is 7.00. The van der Waals surface area contributed by atoms with Gasteiger partial charge in [0.2, 0.25) is 0 Å². The summed E-state index contributed by atoms with van der Waals surface area (Å²) in [5.41, 5.74) is 5.18. The van der Waals surface area contributed by atoms with Crippen molar-refractivity contribution in [2.24, 2.45) is 7.05 Å². The van der Waals surface area contributed by atoms with Crippen molar-refractivity contribution in [3.63, 3.8) is 0 Å². The van der Waals surface area contributed by atoms with Gasteiger partial charge in [-0.2, -0.15) is 5.10 Å². The van der Waals surface area contributed by atoms with Gasteiger partial charge in [-0.15, -0.1) is 0 Å². The van der Waals surface area contributed by atoms with Gasteiger partial charge < -0.3 is 19.9 Å². The molecule has 3 aromatic carbocycles. The molecule has 2 amide bonds. The Hall–Kier alpha value is -4.96. The molecular formula is C31H30N4O6. The third-order valence-electron chi connectivity index (χ3n) is 7.00. The Kier molecular flexibility index (Phi) is 8.11. The molecule has 10 nitrogen and oxygen atoms in total. The van der Waals surface area contributed by atoms with Crippen molar-refractivity contribution in [2.75, 3.05) is 11.9 Å². The van der Waals surface area contributed by atoms with Crippen molar-refractivity contribution in [2.45, 2.75) is 31.6 Å². The number of fused-ring (bicyclic) bond motifs is 3. The Labute approximate surface area is 236 Å². The smallest absolute Gasteiger partial charge is 0.411 e. The molecule has 2 atom stereocenters. The van der Waals surface area contributed by atoms with Crippen LogP contribution in [0.1, 0.15) is 40.0 Å². The van der Waals surface area contributed by atoms with Crippen molar-refractivity contribution in [3.8, 4) is 11.1 Å². The summed E-state index contributed by atoms with van der Waals surface area (Å²) in [4.78, 5) is 37.9. The number of carboxylic acids is 1. The second-order valence-corrected chi connectivity index (χ2v) is 9.81. The largest absolute Gasteiger partial charge is 0.480 e. The molecule has 1 aliphatic carbocycles. The molecule has 5 rings (SSSR count). The van der Waals surface area contributed by atoms with E-state index >= 15 is 0 Å². The number of carbonyl (C=O) groups is 3. The van der Waals surface area contributed by atoms with Gasteiger partial charge in [0, 0.05) is 19.2 Å². The lowest BCUT2D eigenvalue weighted by Gasteiger charge is -2.22. The van der Waals surface area contributed by atoms with E-state index in [0.717, 1.165) is 27.8 Å². The molecule has 10 heteroatoms. The first kappa shape index (κ1) is 27.6. The molecule has 41 heavy (non-hydrogen) atoms. The van der Waals surface area contributed by atoms with Gasteiger partial charge in [0.25, 0.3) is 5.91 Å². The number of carboxylic acid groups (broad SMARTS) is 1. The monoisotopic (exact) mass is 554 g/mol. The zero-order valence-electron chi connectivity index (χ0n) is 22.6. The highest BCUT2D eigenvalue weighted by molar-refractivity contribution is 6.02. The molecule has 210 valence electrons. The van der Waals surface area contributed by atoms with E-state index in [4.69, 9.17) is 9.47 Å². The van der Waals surface area contributed by atoms with Crippen LogP contribution in [0.25, 0.3) is 11.1 Å². The summed E-state index contributed by atoms with van der Waals surface area (Å²) in [5.74, 6) is -2.17. The Balaban J connectivity index is 1.23. The normalized spacial score (nSPS) is 13.5. The van der Waals surface area contributed by atoms with E-state index in [1.54, 1.807) is 14.0 Å². The minimum absolute atomic E-state index is 0.0872. The Morgan fingerprint density at radius 3 is 2.20 bits per heavy atom. The summed E-state index contributed by atoms with van der Waals surface area (Å²) in [6.45, 7) is 1.84. The van der Waals surface area contributed by atoms with Crippen molar-refractivity contribution >= 4 is 23.7 Å². The van der Waals surface area contributed by atoms with E-state index in [-0.39, 0.29) is 30.5 Å². The van der Waals surface area contributed by atoms with Gasteiger partial charge in [0.15, 0.2) is 11.7 Å². The van der Waals surface area contributed by atoms with Gasteiger partial charge in [-0.05, 0) is 34.7 Å². The molecule has 0 aliphatic heterocycles. The Bertz CT molecular complexity index is 1520. The molecular weight excluding hydrogens is 524 g/mol. The van der Waals surface area contributed by atoms with E-state index in [2.05, 4.69) is 15.7 Å². The number of aryl methyl sites for hydroxylation is 1. The van der Waals surface area contributed by atoms with Crippen LogP contribution in [0, 0.1) is 0 Å². The lowest BCUT2D eigenvalue weighted by atomic mass is 9.98. The molecule has 0 bridgehead atoms. The van der Waals surface area contributed by atoms with Crippen molar-refractivity contribution in [1.29, 1.82) is 0 Å². The summed E-state index contributed by atoms with van der Waals surface area (Å²) in [6, 6.07) is 23.9. The van der Waals surface area contributed by atoms with E-state index in [1.165, 1.54) is 10.9 Å². The van der Waals surface area contributed by atoms with Crippen LogP contribution in [0.3, 0.4) is 0 Å². The summed E-state index contributed by atoms with van der Waals surface area (Å²) < 4.78 is 12.6. The standard InChI is InChI=1S/C31H30N4O6/c1-19(40-17-20-10-4-3-5-11-20)27(30(37)38)33-29(36)28-26(16-35(2)34-28)32-31(39)41-18-25-23-14-8-6-12-21(23)22-13-7-9-15-24(22)25/h3-16,19,25,27H,17-18H2,1-2H3,(H,32,39)(H,33,36)(H,37,38)/t19-,27+/m0/s1. The number of anilines is 1. The highest BCUT2D eigenvalue weighted by atomic mass is 16.5. The number of ether oxygens (including phenoxy) is 2. The quantitative estimate of drug-likeness (QED) is 0.262. The molecule has 0 fully saturated rings. The highest BCUT2D eigenvalue weighted by Gasteiger charge is 2.31. The molecule has 1 heterocycles. The van der Waals surface area contributed by atoms with Gasteiger partial charge in [0.1, 0.15) is 6.61 Å². The van der Waals surface area contributed by atoms with Crippen LogP contribution in [0.5, 0.6) is 0 Å². The maximum Gasteiger partial charge on any atom is 0.411 e. The molecule has 1 aromatic heterocycles. The van der Waals surface area contributed by atoms with Crippen LogP contribution in [0.2, 0.25) is 0 Å². The first-order valence-corrected chi connectivity index (χ1v) is 13.2. The van der Waals surface area contributed by atoms with Crippen LogP contribution in [-0.2, 0) is 27.9 Å². The average Bonchev–Trinajstić information content (AvgIpc) is 3.50. The number of benzene rings is 3. The van der Waals surface area contributed by atoms with Gasteiger partial charge in [0.05, 0.1) is 18.4 Å². The molecule has 0 spiro atoms. The molecule has 0 saturated heterocycles. The number of aromatic nitrogens is 2. The number of nitrogens with one attached hydrogen (secondary N) is 2. The number of aliphatic carboxylic acids is 1. The number of hydrogen-bond acceptors (Lipinski definition) is 6. The fraction of sp³-hybridized carbons (Fsp3) is 0.226. The highest BCUT2D eigenvalue weighted by Crippen LogP contribution is 2.44. The van der Waals surface area contributed by atoms with E-state index < -0.39 is 30.1 Å². The average molecular weight is 555 g/mol. The fourth-order valence-electron chi connectivity index (χ4n) is 4.98. The van der Waals surface area contributed by atoms with Gasteiger partial charge in [-0.25, -0.2) is 9.59 Å². The second-order valence-electron chi connectivity index (χ2n) is 9.81. The van der Waals surface area contributed by atoms with Crippen molar-refractivity contribution < 1.29 is 29.0 Å². The summed E-state index contributed by atoms with van der Waals surface area (Å²) in [5, 5.41) is 18.9. The fourth-order valence-corrected chi connectivity index (χ4v) is 4.98. The minimum Gasteiger partial charge on any atom is -0.480 e. The molecule has 0 saturated carbocycles. The second kappa shape index (κ2) is 12.1. The lowest BCUT2D eigenvalue weighted by molar-refractivity contribution is -0.143. The van der Waals surface area contributed by atoms with Crippen LogP contribution < -0.4 is 10.6 Å². The zero-order valence-corrected chi connectivity index (χ0v) is 22.6. The van der Waals surface area contributed by atoms with E-state index in [0.29, 0.717) is 0 Å². The third kappa shape index (κ3) is 6.12. The number of rotatable bonds is 10. The van der Waals surface area contributed by atoms with Crippen LogP contribution in [-0.4, -0.2) is 51.6 Å². The molecule has 0 unspecified atom stereocenters. The lowest BCUT2D eigenvalue weighted by Crippen LogP contribution is -2.48. The van der Waals surface area contributed by atoms with Crippen molar-refractivity contribution in [1.82, 2.24) is 15.1 Å². The maximum absolute atomic E-state index is 13.1. The van der Waals surface area contributed by atoms with Gasteiger partial charge in [-0.3, -0.25) is 14.8 Å². The number of nitrogens with zero attached hydrogens (tertiary/aromatic N) is 2. The molecule has 1 aliphatic rings. The summed E-state index contributed by atoms with van der Waals surface area (Å²) in [7, 11) is 1.58. The predicted octanol–water partition coefficient (Wildman–Crippen LogP) is 4.57. The molecule has 0 radical (unpaired) electrons. The molecule has 4 aromatic rings. The van der Waals surface area contributed by atoms with E-state index in [9.17, 15) is 19.5 Å².